The Morgan fingerprint density at radius 3 is 1.88 bits per heavy atom. The number of anilines is 2. The van der Waals surface area contributed by atoms with Gasteiger partial charge in [0.15, 0.2) is 0 Å². The van der Waals surface area contributed by atoms with E-state index in [0.29, 0.717) is 6.54 Å². The Bertz CT molecular complexity index is 358. The molecule has 0 saturated heterocycles. The molecule has 17 heavy (non-hydrogen) atoms. The first kappa shape index (κ1) is 15.2. The number of nitrogens with one attached hydrogen (secondary N) is 2. The van der Waals surface area contributed by atoms with Crippen molar-refractivity contribution >= 4 is 23.1 Å². The number of hydrogen-bond donors (Lipinski definition) is 2. The van der Waals surface area contributed by atoms with Crippen LogP contribution in [0.3, 0.4) is 0 Å². The van der Waals surface area contributed by atoms with Gasteiger partial charge in [0.1, 0.15) is 5.78 Å². The van der Waals surface area contributed by atoms with E-state index in [2.05, 4.69) is 10.6 Å². The third kappa shape index (κ3) is 7.11. The summed E-state index contributed by atoms with van der Waals surface area (Å²) in [7, 11) is 0. The Morgan fingerprint density at radius 1 is 1.00 bits per heavy atom. The molecule has 0 aliphatic rings. The van der Waals surface area contributed by atoms with Crippen molar-refractivity contribution in [3.05, 3.63) is 24.3 Å². The summed E-state index contributed by atoms with van der Waals surface area (Å²) in [6.45, 7) is 7.31. The highest BCUT2D eigenvalue weighted by molar-refractivity contribution is 5.88. The normalized spacial score (nSPS) is 8.71. The lowest BCUT2D eigenvalue weighted by Gasteiger charge is -2.05. The summed E-state index contributed by atoms with van der Waals surface area (Å²) in [5.41, 5.74) is 1.61. The van der Waals surface area contributed by atoms with E-state index in [1.165, 1.54) is 13.8 Å². The number of rotatable bonds is 4. The van der Waals surface area contributed by atoms with Crippen molar-refractivity contribution in [3.8, 4) is 0 Å². The summed E-state index contributed by atoms with van der Waals surface area (Å²) >= 11 is 0. The molecule has 0 heterocycles. The lowest BCUT2D eigenvalue weighted by molar-refractivity contribution is -0.115. The molecule has 0 unspecified atom stereocenters. The third-order valence-corrected chi connectivity index (χ3v) is 1.75. The first-order chi connectivity index (χ1) is 8.08. The molecule has 0 atom stereocenters. The fourth-order valence-corrected chi connectivity index (χ4v) is 1.10. The molecule has 0 aliphatic carbocycles. The number of Topliss-reactive ketones (excluding diaryl/α,β-unsaturated/α-hetero) is 1. The number of carbonyl (C=O) groups excluding carboxylic acids is 2. The minimum absolute atomic E-state index is 0.0842. The number of amides is 1. The van der Waals surface area contributed by atoms with Crippen molar-refractivity contribution in [2.75, 3.05) is 17.2 Å². The van der Waals surface area contributed by atoms with Gasteiger partial charge in [-0.3, -0.25) is 9.59 Å². The zero-order valence-electron chi connectivity index (χ0n) is 10.8. The summed E-state index contributed by atoms with van der Waals surface area (Å²) in [5, 5.41) is 5.63. The summed E-state index contributed by atoms with van der Waals surface area (Å²) in [6, 6.07) is 7.19. The molecule has 0 aromatic heterocycles. The standard InChI is InChI=1S/C11H14N2O2.C2H6/c1-8(14)7-12-10-3-5-11(6-4-10)13-9(2)15;1-2/h3-6,12H,7H2,1-2H3,(H,13,15);1-2H3. The molecular weight excluding hydrogens is 216 g/mol. The zero-order chi connectivity index (χ0) is 13.3. The van der Waals surface area contributed by atoms with Gasteiger partial charge in [-0.1, -0.05) is 13.8 Å². The van der Waals surface area contributed by atoms with Gasteiger partial charge in [0, 0.05) is 18.3 Å². The van der Waals surface area contributed by atoms with Crippen LogP contribution in [-0.2, 0) is 9.59 Å². The van der Waals surface area contributed by atoms with E-state index >= 15 is 0 Å². The van der Waals surface area contributed by atoms with Crippen molar-refractivity contribution in [2.45, 2.75) is 27.7 Å². The maximum Gasteiger partial charge on any atom is 0.221 e. The largest absolute Gasteiger partial charge is 0.378 e. The van der Waals surface area contributed by atoms with Crippen LogP contribution >= 0.6 is 0 Å². The van der Waals surface area contributed by atoms with Gasteiger partial charge < -0.3 is 10.6 Å². The lowest BCUT2D eigenvalue weighted by atomic mass is 10.2. The summed E-state index contributed by atoms with van der Waals surface area (Å²) in [4.78, 5) is 21.5. The third-order valence-electron chi connectivity index (χ3n) is 1.75. The van der Waals surface area contributed by atoms with E-state index in [9.17, 15) is 9.59 Å². The lowest BCUT2D eigenvalue weighted by Crippen LogP contribution is -2.10. The number of benzene rings is 1. The zero-order valence-corrected chi connectivity index (χ0v) is 10.8. The maximum atomic E-state index is 10.7. The van der Waals surface area contributed by atoms with E-state index in [1.54, 1.807) is 12.1 Å². The molecule has 0 saturated carbocycles. The van der Waals surface area contributed by atoms with E-state index in [1.807, 2.05) is 26.0 Å². The topological polar surface area (TPSA) is 58.2 Å². The van der Waals surface area contributed by atoms with Crippen molar-refractivity contribution in [3.63, 3.8) is 0 Å². The van der Waals surface area contributed by atoms with Crippen LogP contribution in [0.25, 0.3) is 0 Å². The number of ketones is 1. The average Bonchev–Trinajstić information content (AvgIpc) is 2.30. The highest BCUT2D eigenvalue weighted by atomic mass is 16.1. The van der Waals surface area contributed by atoms with Crippen LogP contribution in [0.15, 0.2) is 24.3 Å². The van der Waals surface area contributed by atoms with E-state index in [0.717, 1.165) is 11.4 Å². The van der Waals surface area contributed by atoms with Crippen molar-refractivity contribution in [1.29, 1.82) is 0 Å². The first-order valence-corrected chi connectivity index (χ1v) is 5.69. The molecule has 1 aromatic carbocycles. The van der Waals surface area contributed by atoms with Gasteiger partial charge in [0.25, 0.3) is 0 Å². The fraction of sp³-hybridized carbons (Fsp3) is 0.385. The van der Waals surface area contributed by atoms with Crippen molar-refractivity contribution < 1.29 is 9.59 Å². The molecule has 2 N–H and O–H groups in total. The van der Waals surface area contributed by atoms with Gasteiger partial charge in [-0.15, -0.1) is 0 Å². The molecule has 4 heteroatoms. The van der Waals surface area contributed by atoms with Gasteiger partial charge in [-0.05, 0) is 31.2 Å². The van der Waals surface area contributed by atoms with Crippen molar-refractivity contribution in [2.24, 2.45) is 0 Å². The molecule has 0 fully saturated rings. The van der Waals surface area contributed by atoms with Crippen LogP contribution in [-0.4, -0.2) is 18.2 Å². The van der Waals surface area contributed by atoms with Crippen LogP contribution in [0.4, 0.5) is 11.4 Å². The predicted octanol–water partition coefficient (Wildman–Crippen LogP) is 2.67. The Morgan fingerprint density at radius 2 is 1.47 bits per heavy atom. The highest BCUT2D eigenvalue weighted by Gasteiger charge is 1.97. The minimum Gasteiger partial charge on any atom is -0.378 e. The van der Waals surface area contributed by atoms with Crippen LogP contribution < -0.4 is 10.6 Å². The Labute approximate surface area is 102 Å². The summed E-state index contributed by atoms with van der Waals surface area (Å²) < 4.78 is 0. The molecule has 0 radical (unpaired) electrons. The number of hydrogen-bond acceptors (Lipinski definition) is 3. The molecule has 4 nitrogen and oxygen atoms in total. The molecule has 1 aromatic rings. The van der Waals surface area contributed by atoms with Crippen LogP contribution in [0.5, 0.6) is 0 Å². The Kier molecular flexibility index (Phi) is 7.43. The molecule has 1 rings (SSSR count). The molecule has 0 bridgehead atoms. The van der Waals surface area contributed by atoms with Gasteiger partial charge in [-0.25, -0.2) is 0 Å². The maximum absolute atomic E-state index is 10.7. The predicted molar refractivity (Wildman–Crippen MR) is 71.3 cm³/mol. The Balaban J connectivity index is 0.00000121. The smallest absolute Gasteiger partial charge is 0.221 e. The fourth-order valence-electron chi connectivity index (χ4n) is 1.10. The number of carbonyl (C=O) groups is 2. The highest BCUT2D eigenvalue weighted by Crippen LogP contribution is 2.12. The Hall–Kier alpha value is -1.84. The van der Waals surface area contributed by atoms with Crippen LogP contribution in [0.2, 0.25) is 0 Å². The van der Waals surface area contributed by atoms with Crippen LogP contribution in [0.1, 0.15) is 27.7 Å². The van der Waals surface area contributed by atoms with Gasteiger partial charge in [-0.2, -0.15) is 0 Å². The quantitative estimate of drug-likeness (QED) is 0.845. The molecule has 0 aliphatic heterocycles. The second-order valence-corrected chi connectivity index (χ2v) is 3.31. The SMILES string of the molecule is CC.CC(=O)CNc1ccc(NC(C)=O)cc1. The summed E-state index contributed by atoms with van der Waals surface area (Å²) in [6.07, 6.45) is 0. The monoisotopic (exact) mass is 236 g/mol. The summed E-state index contributed by atoms with van der Waals surface area (Å²) in [5.74, 6) is -0.0135. The van der Waals surface area contributed by atoms with E-state index < -0.39 is 0 Å². The molecule has 94 valence electrons. The second-order valence-electron chi connectivity index (χ2n) is 3.31. The average molecular weight is 236 g/mol. The van der Waals surface area contributed by atoms with Gasteiger partial charge in [0.05, 0.1) is 6.54 Å². The van der Waals surface area contributed by atoms with Crippen LogP contribution in [0, 0.1) is 0 Å². The van der Waals surface area contributed by atoms with Gasteiger partial charge >= 0.3 is 0 Å². The van der Waals surface area contributed by atoms with E-state index in [4.69, 9.17) is 0 Å². The van der Waals surface area contributed by atoms with Gasteiger partial charge in [0.2, 0.25) is 5.91 Å². The molecule has 1 amide bonds. The first-order valence-electron chi connectivity index (χ1n) is 5.69. The van der Waals surface area contributed by atoms with Crippen molar-refractivity contribution in [1.82, 2.24) is 0 Å². The second kappa shape index (κ2) is 8.33. The minimum atomic E-state index is -0.0977. The molecule has 0 spiro atoms. The molecular formula is C13H20N2O2. The van der Waals surface area contributed by atoms with E-state index in [-0.39, 0.29) is 11.7 Å².